The van der Waals surface area contributed by atoms with Gasteiger partial charge in [-0.05, 0) is 54.7 Å². The van der Waals surface area contributed by atoms with Gasteiger partial charge in [-0.1, -0.05) is 49.9 Å². The number of amidine groups is 1. The van der Waals surface area contributed by atoms with E-state index < -0.39 is 5.25 Å². The summed E-state index contributed by atoms with van der Waals surface area (Å²) in [5, 5.41) is 3.09. The molecule has 0 spiro atoms. The van der Waals surface area contributed by atoms with Gasteiger partial charge in [-0.15, -0.1) is 0 Å². The Kier molecular flexibility index (Phi) is 6.42. The van der Waals surface area contributed by atoms with Crippen molar-refractivity contribution < 1.29 is 9.59 Å². The second-order valence-corrected chi connectivity index (χ2v) is 8.81. The first-order valence-electron chi connectivity index (χ1n) is 9.75. The van der Waals surface area contributed by atoms with Gasteiger partial charge in [0.05, 0.1) is 5.69 Å². The Morgan fingerprint density at radius 3 is 2.52 bits per heavy atom. The van der Waals surface area contributed by atoms with Crippen LogP contribution in [0.25, 0.3) is 0 Å². The van der Waals surface area contributed by atoms with E-state index in [1.165, 1.54) is 22.2 Å². The number of amides is 2. The fraction of sp³-hybridized carbons (Fsp3) is 0.348. The van der Waals surface area contributed by atoms with Crippen LogP contribution < -0.4 is 5.32 Å². The maximum Gasteiger partial charge on any atom is 0.242 e. The van der Waals surface area contributed by atoms with E-state index in [9.17, 15) is 9.59 Å². The zero-order chi connectivity index (χ0) is 21.1. The predicted octanol–water partition coefficient (Wildman–Crippen LogP) is 5.02. The van der Waals surface area contributed by atoms with Gasteiger partial charge in [0.1, 0.15) is 5.25 Å². The number of anilines is 1. The number of carbonyl (C=O) groups excluding carboxylic acids is 2. The van der Waals surface area contributed by atoms with Gasteiger partial charge in [0.25, 0.3) is 0 Å². The maximum atomic E-state index is 12.6. The Morgan fingerprint density at radius 1 is 1.17 bits per heavy atom. The molecule has 1 atom stereocenters. The molecule has 1 N–H and O–H groups in total. The molecule has 0 unspecified atom stereocenters. The van der Waals surface area contributed by atoms with Crippen LogP contribution in [-0.2, 0) is 9.59 Å². The van der Waals surface area contributed by atoms with Crippen molar-refractivity contribution in [2.75, 3.05) is 12.4 Å². The van der Waals surface area contributed by atoms with Crippen LogP contribution in [0.2, 0.25) is 0 Å². The van der Waals surface area contributed by atoms with Crippen LogP contribution in [0.3, 0.4) is 0 Å². The van der Waals surface area contributed by atoms with E-state index >= 15 is 0 Å². The summed E-state index contributed by atoms with van der Waals surface area (Å²) >= 11 is 1.34. The SMILES string of the molecule is Cc1cccc(NC(=O)C[C@H]2SC(=Nc3ccc(C(C)C)cc3)N(C)C2=O)c1C. The molecule has 2 amide bonds. The highest BCUT2D eigenvalue weighted by Gasteiger charge is 2.37. The number of hydrogen-bond donors (Lipinski definition) is 1. The van der Waals surface area contributed by atoms with Gasteiger partial charge < -0.3 is 5.32 Å². The molecule has 1 fully saturated rings. The summed E-state index contributed by atoms with van der Waals surface area (Å²) in [7, 11) is 1.71. The van der Waals surface area contributed by atoms with Gasteiger partial charge in [0.15, 0.2) is 5.17 Å². The van der Waals surface area contributed by atoms with E-state index in [-0.39, 0.29) is 18.2 Å². The molecule has 5 nitrogen and oxygen atoms in total. The van der Waals surface area contributed by atoms with E-state index in [0.717, 1.165) is 22.5 Å². The van der Waals surface area contributed by atoms with Gasteiger partial charge in [-0.3, -0.25) is 14.5 Å². The average molecular weight is 410 g/mol. The predicted molar refractivity (Wildman–Crippen MR) is 121 cm³/mol. The number of nitrogens with zero attached hydrogens (tertiary/aromatic N) is 2. The summed E-state index contributed by atoms with van der Waals surface area (Å²) in [5.41, 5.74) is 5.00. The molecule has 1 aliphatic heterocycles. The van der Waals surface area contributed by atoms with E-state index in [2.05, 4.69) is 36.3 Å². The van der Waals surface area contributed by atoms with Crippen LogP contribution in [0.15, 0.2) is 47.5 Å². The number of aryl methyl sites for hydroxylation is 1. The summed E-state index contributed by atoms with van der Waals surface area (Å²) in [4.78, 5) is 31.3. The highest BCUT2D eigenvalue weighted by atomic mass is 32.2. The zero-order valence-corrected chi connectivity index (χ0v) is 18.3. The molecule has 0 saturated carbocycles. The molecular formula is C23H27N3O2S. The monoisotopic (exact) mass is 409 g/mol. The first-order valence-corrected chi connectivity index (χ1v) is 10.6. The molecule has 29 heavy (non-hydrogen) atoms. The van der Waals surface area contributed by atoms with Gasteiger partial charge in [0, 0.05) is 19.2 Å². The quantitative estimate of drug-likeness (QED) is 0.754. The van der Waals surface area contributed by atoms with Crippen molar-refractivity contribution in [3.63, 3.8) is 0 Å². The minimum Gasteiger partial charge on any atom is -0.326 e. The number of rotatable bonds is 5. The van der Waals surface area contributed by atoms with Gasteiger partial charge in [-0.25, -0.2) is 4.99 Å². The van der Waals surface area contributed by atoms with E-state index in [1.807, 2.05) is 44.2 Å². The van der Waals surface area contributed by atoms with Crippen LogP contribution in [0, 0.1) is 13.8 Å². The highest BCUT2D eigenvalue weighted by Crippen LogP contribution is 2.31. The zero-order valence-electron chi connectivity index (χ0n) is 17.5. The smallest absolute Gasteiger partial charge is 0.242 e. The molecule has 1 aliphatic rings. The van der Waals surface area contributed by atoms with E-state index in [1.54, 1.807) is 7.05 Å². The summed E-state index contributed by atoms with van der Waals surface area (Å²) in [6, 6.07) is 13.8. The maximum absolute atomic E-state index is 12.6. The summed E-state index contributed by atoms with van der Waals surface area (Å²) < 4.78 is 0. The lowest BCUT2D eigenvalue weighted by molar-refractivity contribution is -0.127. The van der Waals surface area contributed by atoms with E-state index in [0.29, 0.717) is 11.1 Å². The lowest BCUT2D eigenvalue weighted by Crippen LogP contribution is -2.30. The average Bonchev–Trinajstić information content (AvgIpc) is 2.93. The third-order valence-corrected chi connectivity index (χ3v) is 6.40. The summed E-state index contributed by atoms with van der Waals surface area (Å²) in [6.45, 7) is 8.28. The van der Waals surface area contributed by atoms with Crippen molar-refractivity contribution in [1.29, 1.82) is 0 Å². The van der Waals surface area contributed by atoms with Crippen molar-refractivity contribution in [2.45, 2.75) is 45.3 Å². The normalized spacial score (nSPS) is 18.0. The van der Waals surface area contributed by atoms with Crippen molar-refractivity contribution in [3.05, 3.63) is 59.2 Å². The molecule has 1 heterocycles. The first kappa shape index (κ1) is 21.1. The van der Waals surface area contributed by atoms with Crippen LogP contribution in [0.5, 0.6) is 0 Å². The highest BCUT2D eigenvalue weighted by molar-refractivity contribution is 8.15. The van der Waals surface area contributed by atoms with Crippen molar-refractivity contribution in [3.8, 4) is 0 Å². The van der Waals surface area contributed by atoms with Crippen molar-refractivity contribution >= 4 is 40.1 Å². The third-order valence-electron chi connectivity index (χ3n) is 5.17. The standard InChI is InChI=1S/C23H27N3O2S/c1-14(2)17-9-11-18(12-10-17)24-23-26(5)22(28)20(29-23)13-21(27)25-19-8-6-7-15(3)16(19)4/h6-12,14,20H,13H2,1-5H3,(H,25,27)/t20-/m1/s1. The molecule has 2 aromatic carbocycles. The van der Waals surface area contributed by atoms with Crippen LogP contribution in [-0.4, -0.2) is 34.2 Å². The minimum atomic E-state index is -0.459. The van der Waals surface area contributed by atoms with Gasteiger partial charge >= 0.3 is 0 Å². The molecule has 0 aliphatic carbocycles. The second kappa shape index (κ2) is 8.82. The lowest BCUT2D eigenvalue weighted by atomic mass is 10.0. The second-order valence-electron chi connectivity index (χ2n) is 7.64. The Bertz CT molecular complexity index is 951. The molecule has 3 rings (SSSR count). The third kappa shape index (κ3) is 4.88. The molecular weight excluding hydrogens is 382 g/mol. The molecule has 0 bridgehead atoms. The Labute approximate surface area is 176 Å². The Balaban J connectivity index is 1.68. The summed E-state index contributed by atoms with van der Waals surface area (Å²) in [5.74, 6) is 0.200. The number of thioether (sulfide) groups is 1. The number of carbonyl (C=O) groups is 2. The van der Waals surface area contributed by atoms with E-state index in [4.69, 9.17) is 0 Å². The molecule has 6 heteroatoms. The Hall–Kier alpha value is -2.60. The van der Waals surface area contributed by atoms with Crippen LogP contribution >= 0.6 is 11.8 Å². The van der Waals surface area contributed by atoms with Crippen molar-refractivity contribution in [1.82, 2.24) is 4.90 Å². The van der Waals surface area contributed by atoms with Crippen LogP contribution in [0.1, 0.15) is 42.9 Å². The van der Waals surface area contributed by atoms with Crippen LogP contribution in [0.4, 0.5) is 11.4 Å². The lowest BCUT2D eigenvalue weighted by Gasteiger charge is -2.12. The Morgan fingerprint density at radius 2 is 1.86 bits per heavy atom. The number of aliphatic imine (C=N–C) groups is 1. The van der Waals surface area contributed by atoms with Gasteiger partial charge in [-0.2, -0.15) is 0 Å². The fourth-order valence-electron chi connectivity index (χ4n) is 3.10. The number of nitrogens with one attached hydrogen (secondary N) is 1. The topological polar surface area (TPSA) is 61.8 Å². The number of hydrogen-bond acceptors (Lipinski definition) is 4. The van der Waals surface area contributed by atoms with Crippen molar-refractivity contribution in [2.24, 2.45) is 4.99 Å². The molecule has 152 valence electrons. The largest absolute Gasteiger partial charge is 0.326 e. The molecule has 0 aromatic heterocycles. The number of benzene rings is 2. The molecule has 0 radical (unpaired) electrons. The minimum absolute atomic E-state index is 0.0938. The molecule has 1 saturated heterocycles. The summed E-state index contributed by atoms with van der Waals surface area (Å²) in [6.07, 6.45) is 0.118. The van der Waals surface area contributed by atoms with Gasteiger partial charge in [0.2, 0.25) is 11.8 Å². The fourth-order valence-corrected chi connectivity index (χ4v) is 4.25. The first-order chi connectivity index (χ1) is 13.8. The molecule has 2 aromatic rings.